The van der Waals surface area contributed by atoms with E-state index < -0.39 is 17.4 Å². The molecule has 2 unspecified atom stereocenters. The molecule has 1 amide bonds. The molecule has 5 heteroatoms. The monoisotopic (exact) mass is 177 g/mol. The minimum absolute atomic E-state index is 0.300. The van der Waals surface area contributed by atoms with Gasteiger partial charge in [0, 0.05) is 0 Å². The average molecular weight is 178 g/mol. The molecule has 1 rings (SSSR count). The van der Waals surface area contributed by atoms with Crippen molar-refractivity contribution in [1.82, 2.24) is 5.32 Å². The quantitative estimate of drug-likeness (QED) is 0.357. The zero-order valence-corrected chi connectivity index (χ0v) is 6.72. The molecule has 4 nitrogen and oxygen atoms in total. The fourth-order valence-electron chi connectivity index (χ4n) is 0.772. The third-order valence-electron chi connectivity index (χ3n) is 1.38. The average Bonchev–Trinajstić information content (AvgIpc) is 1.99. The summed E-state index contributed by atoms with van der Waals surface area (Å²) in [5.41, 5.74) is 0. The van der Waals surface area contributed by atoms with Crippen molar-refractivity contribution >= 4 is 23.5 Å². The Labute approximate surface area is 68.8 Å². The SMILES string of the molecule is CCOC(=O)C1NC(=O)C1Cl. The summed E-state index contributed by atoms with van der Waals surface area (Å²) in [6.07, 6.45) is 0. The second kappa shape index (κ2) is 3.09. The topological polar surface area (TPSA) is 55.4 Å². The lowest BCUT2D eigenvalue weighted by atomic mass is 10.1. The Hall–Kier alpha value is -0.770. The summed E-state index contributed by atoms with van der Waals surface area (Å²) in [5.74, 6) is -0.781. The second-order valence-electron chi connectivity index (χ2n) is 2.14. The van der Waals surface area contributed by atoms with Crippen LogP contribution in [0.2, 0.25) is 0 Å². The zero-order chi connectivity index (χ0) is 8.43. The van der Waals surface area contributed by atoms with E-state index in [1.165, 1.54) is 0 Å². The molecule has 62 valence electrons. The van der Waals surface area contributed by atoms with Gasteiger partial charge in [0.1, 0.15) is 5.38 Å². The second-order valence-corrected chi connectivity index (χ2v) is 2.61. The van der Waals surface area contributed by atoms with Crippen molar-refractivity contribution in [3.05, 3.63) is 0 Å². The highest BCUT2D eigenvalue weighted by Gasteiger charge is 2.43. The van der Waals surface area contributed by atoms with E-state index in [0.29, 0.717) is 6.61 Å². The molecule has 1 saturated heterocycles. The molecule has 0 aromatic rings. The van der Waals surface area contributed by atoms with E-state index in [0.717, 1.165) is 0 Å². The van der Waals surface area contributed by atoms with Gasteiger partial charge < -0.3 is 10.1 Å². The highest BCUT2D eigenvalue weighted by atomic mass is 35.5. The number of ether oxygens (including phenoxy) is 1. The molecule has 0 aromatic heterocycles. The van der Waals surface area contributed by atoms with Gasteiger partial charge in [-0.05, 0) is 6.92 Å². The Morgan fingerprint density at radius 3 is 2.82 bits per heavy atom. The predicted molar refractivity (Wildman–Crippen MR) is 38.2 cm³/mol. The molecule has 0 saturated carbocycles. The van der Waals surface area contributed by atoms with Crippen molar-refractivity contribution < 1.29 is 14.3 Å². The largest absolute Gasteiger partial charge is 0.464 e. The number of β-lactam (4-membered cyclic amide) rings is 1. The molecule has 0 radical (unpaired) electrons. The van der Waals surface area contributed by atoms with Crippen LogP contribution in [0.1, 0.15) is 6.92 Å². The zero-order valence-electron chi connectivity index (χ0n) is 5.96. The van der Waals surface area contributed by atoms with Crippen molar-refractivity contribution in [2.75, 3.05) is 6.61 Å². The van der Waals surface area contributed by atoms with E-state index in [4.69, 9.17) is 11.6 Å². The lowest BCUT2D eigenvalue weighted by molar-refractivity contribution is -0.152. The summed E-state index contributed by atoms with van der Waals surface area (Å²) in [6.45, 7) is 2.00. The first-order valence-corrected chi connectivity index (χ1v) is 3.71. The summed E-state index contributed by atoms with van der Waals surface area (Å²) in [4.78, 5) is 21.4. The number of alkyl halides is 1. The van der Waals surface area contributed by atoms with Crippen molar-refractivity contribution in [2.45, 2.75) is 18.3 Å². The standard InChI is InChI=1S/C6H8ClNO3/c1-2-11-6(10)4-3(7)5(9)8-4/h3-4H,2H2,1H3,(H,8,9). The van der Waals surface area contributed by atoms with Crippen LogP contribution < -0.4 is 5.32 Å². The minimum Gasteiger partial charge on any atom is -0.464 e. The summed E-state index contributed by atoms with van der Waals surface area (Å²) in [6, 6.07) is -0.649. The number of hydrogen-bond acceptors (Lipinski definition) is 3. The van der Waals surface area contributed by atoms with Gasteiger partial charge in [-0.2, -0.15) is 0 Å². The minimum atomic E-state index is -0.756. The van der Waals surface area contributed by atoms with Gasteiger partial charge in [0.2, 0.25) is 5.91 Å². The van der Waals surface area contributed by atoms with Crippen LogP contribution in [0.4, 0.5) is 0 Å². The normalized spacial score (nSPS) is 28.7. The summed E-state index contributed by atoms with van der Waals surface area (Å²) < 4.78 is 4.63. The number of halogens is 1. The smallest absolute Gasteiger partial charge is 0.330 e. The van der Waals surface area contributed by atoms with Crippen LogP contribution in [0.5, 0.6) is 0 Å². The Kier molecular flexibility index (Phi) is 2.34. The maximum Gasteiger partial charge on any atom is 0.330 e. The van der Waals surface area contributed by atoms with E-state index in [2.05, 4.69) is 10.1 Å². The molecular formula is C6H8ClNO3. The number of amides is 1. The molecule has 1 aliphatic rings. The Morgan fingerprint density at radius 2 is 2.45 bits per heavy atom. The number of nitrogens with one attached hydrogen (secondary N) is 1. The molecule has 0 spiro atoms. The molecule has 1 fully saturated rings. The number of rotatable bonds is 2. The van der Waals surface area contributed by atoms with Crippen LogP contribution >= 0.6 is 11.6 Å². The number of carbonyl (C=O) groups excluding carboxylic acids is 2. The Balaban J connectivity index is 2.39. The van der Waals surface area contributed by atoms with Crippen molar-refractivity contribution in [1.29, 1.82) is 0 Å². The van der Waals surface area contributed by atoms with Crippen LogP contribution in [-0.4, -0.2) is 29.9 Å². The lowest BCUT2D eigenvalue weighted by Crippen LogP contribution is -2.63. The number of esters is 1. The third kappa shape index (κ3) is 1.45. The maximum absolute atomic E-state index is 10.9. The first kappa shape index (κ1) is 8.33. The van der Waals surface area contributed by atoms with Crippen LogP contribution in [0.3, 0.4) is 0 Å². The molecule has 1 N–H and O–H groups in total. The van der Waals surface area contributed by atoms with Gasteiger partial charge in [0.05, 0.1) is 6.61 Å². The van der Waals surface area contributed by atoms with Crippen molar-refractivity contribution in [3.63, 3.8) is 0 Å². The molecule has 1 heterocycles. The van der Waals surface area contributed by atoms with Gasteiger partial charge in [-0.1, -0.05) is 0 Å². The summed E-state index contributed by atoms with van der Waals surface area (Å²) in [7, 11) is 0. The van der Waals surface area contributed by atoms with Crippen LogP contribution in [-0.2, 0) is 14.3 Å². The Morgan fingerprint density at radius 1 is 1.82 bits per heavy atom. The van der Waals surface area contributed by atoms with E-state index in [9.17, 15) is 9.59 Å². The summed E-state index contributed by atoms with van der Waals surface area (Å²) >= 11 is 5.48. The van der Waals surface area contributed by atoms with Crippen LogP contribution in [0, 0.1) is 0 Å². The van der Waals surface area contributed by atoms with Gasteiger partial charge in [0.25, 0.3) is 0 Å². The molecule has 11 heavy (non-hydrogen) atoms. The van der Waals surface area contributed by atoms with Gasteiger partial charge >= 0.3 is 5.97 Å². The van der Waals surface area contributed by atoms with Crippen molar-refractivity contribution in [2.24, 2.45) is 0 Å². The fraction of sp³-hybridized carbons (Fsp3) is 0.667. The number of hydrogen-bond donors (Lipinski definition) is 1. The fourth-order valence-corrected chi connectivity index (χ4v) is 1.00. The lowest BCUT2D eigenvalue weighted by Gasteiger charge is -2.29. The van der Waals surface area contributed by atoms with Crippen LogP contribution in [0.25, 0.3) is 0 Å². The maximum atomic E-state index is 10.9. The Bertz CT molecular complexity index is 194. The van der Waals surface area contributed by atoms with E-state index in [-0.39, 0.29) is 5.91 Å². The highest BCUT2D eigenvalue weighted by Crippen LogP contribution is 2.14. The van der Waals surface area contributed by atoms with Gasteiger partial charge in [-0.15, -0.1) is 11.6 Å². The van der Waals surface area contributed by atoms with Crippen molar-refractivity contribution in [3.8, 4) is 0 Å². The van der Waals surface area contributed by atoms with Crippen LogP contribution in [0.15, 0.2) is 0 Å². The van der Waals surface area contributed by atoms with E-state index >= 15 is 0 Å². The molecule has 0 aliphatic carbocycles. The van der Waals surface area contributed by atoms with Gasteiger partial charge in [-0.25, -0.2) is 4.79 Å². The van der Waals surface area contributed by atoms with Gasteiger partial charge in [-0.3, -0.25) is 4.79 Å². The summed E-state index contributed by atoms with van der Waals surface area (Å²) in [5, 5.41) is 1.58. The predicted octanol–water partition coefficient (Wildman–Crippen LogP) is -0.345. The first-order chi connectivity index (χ1) is 5.16. The van der Waals surface area contributed by atoms with Gasteiger partial charge in [0.15, 0.2) is 6.04 Å². The molecule has 0 aromatic carbocycles. The van der Waals surface area contributed by atoms with E-state index in [1.54, 1.807) is 6.92 Å². The number of carbonyl (C=O) groups is 2. The first-order valence-electron chi connectivity index (χ1n) is 3.28. The molecule has 0 bridgehead atoms. The molecular weight excluding hydrogens is 170 g/mol. The molecule has 1 aliphatic heterocycles. The highest BCUT2D eigenvalue weighted by molar-refractivity contribution is 6.35. The van der Waals surface area contributed by atoms with E-state index in [1.807, 2.05) is 0 Å². The molecule has 2 atom stereocenters. The third-order valence-corrected chi connectivity index (χ3v) is 1.83.